The van der Waals surface area contributed by atoms with Gasteiger partial charge in [0.2, 0.25) is 12.7 Å². The molecule has 2 unspecified atom stereocenters. The number of hydrogen-bond donors (Lipinski definition) is 2. The van der Waals surface area contributed by atoms with E-state index in [1.807, 2.05) is 33.0 Å². The van der Waals surface area contributed by atoms with Crippen LogP contribution in [0.1, 0.15) is 40.2 Å². The van der Waals surface area contributed by atoms with Gasteiger partial charge in [-0.3, -0.25) is 9.69 Å². The van der Waals surface area contributed by atoms with E-state index in [1.54, 1.807) is 0 Å². The third kappa shape index (κ3) is 4.89. The summed E-state index contributed by atoms with van der Waals surface area (Å²) in [6.45, 7) is 10.6. The summed E-state index contributed by atoms with van der Waals surface area (Å²) in [4.78, 5) is 14.6. The van der Waals surface area contributed by atoms with E-state index in [2.05, 4.69) is 37.1 Å². The molecule has 3 N–H and O–H groups in total. The molecule has 0 bridgehead atoms. The van der Waals surface area contributed by atoms with Gasteiger partial charge in [-0.2, -0.15) is 0 Å². The fourth-order valence-corrected chi connectivity index (χ4v) is 3.11. The second-order valence-electron chi connectivity index (χ2n) is 7.87. The van der Waals surface area contributed by atoms with Crippen LogP contribution >= 0.6 is 0 Å². The lowest BCUT2D eigenvalue weighted by Crippen LogP contribution is -2.57. The molecule has 1 amide bonds. The molecule has 0 aliphatic carbocycles. The first kappa shape index (κ1) is 20.5. The van der Waals surface area contributed by atoms with Gasteiger partial charge in [-0.25, -0.2) is 0 Å². The minimum absolute atomic E-state index is 0.0729. The molecule has 146 valence electrons. The van der Waals surface area contributed by atoms with Gasteiger partial charge in [0.15, 0.2) is 11.5 Å². The zero-order chi connectivity index (χ0) is 19.4. The highest BCUT2D eigenvalue weighted by atomic mass is 16.7. The molecule has 1 heterocycles. The number of benzene rings is 1. The highest BCUT2D eigenvalue weighted by Crippen LogP contribution is 2.33. The number of nitrogens with one attached hydrogen (secondary N) is 1. The third-order valence-corrected chi connectivity index (χ3v) is 5.04. The van der Waals surface area contributed by atoms with E-state index in [1.165, 1.54) is 5.56 Å². The lowest BCUT2D eigenvalue weighted by atomic mass is 10.0. The molecular formula is C20H33N3O3. The summed E-state index contributed by atoms with van der Waals surface area (Å²) in [5.74, 6) is 1.88. The van der Waals surface area contributed by atoms with Crippen molar-refractivity contribution in [2.45, 2.75) is 59.3 Å². The molecule has 0 saturated carbocycles. The minimum Gasteiger partial charge on any atom is -0.454 e. The second-order valence-corrected chi connectivity index (χ2v) is 7.87. The molecule has 3 atom stereocenters. The van der Waals surface area contributed by atoms with Crippen LogP contribution in [0.15, 0.2) is 18.2 Å². The van der Waals surface area contributed by atoms with E-state index < -0.39 is 6.04 Å². The lowest BCUT2D eigenvalue weighted by molar-refractivity contribution is -0.126. The standard InChI is InChI=1S/C20H33N3O3/c1-12(2)18(21)20(24)22-19(13(3)4)23(6)14(5)9-15-7-8-16-17(10-15)26-11-25-16/h7-8,10,12-14,18-19H,9,11,21H2,1-6H3,(H,22,24)/t14?,18-,19?/m0/s1. The van der Waals surface area contributed by atoms with E-state index >= 15 is 0 Å². The van der Waals surface area contributed by atoms with Gasteiger partial charge >= 0.3 is 0 Å². The van der Waals surface area contributed by atoms with Gasteiger partial charge in [-0.1, -0.05) is 33.8 Å². The Hall–Kier alpha value is -1.79. The fraction of sp³-hybridized carbons (Fsp3) is 0.650. The minimum atomic E-state index is -0.492. The van der Waals surface area contributed by atoms with Crippen LogP contribution in [-0.2, 0) is 11.2 Å². The molecule has 26 heavy (non-hydrogen) atoms. The number of carbonyl (C=O) groups excluding carboxylic acids is 1. The molecule has 1 aromatic rings. The largest absolute Gasteiger partial charge is 0.454 e. The molecule has 1 aliphatic heterocycles. The van der Waals surface area contributed by atoms with Crippen LogP contribution in [0.3, 0.4) is 0 Å². The van der Waals surface area contributed by atoms with Gasteiger partial charge in [0.05, 0.1) is 12.2 Å². The number of nitrogens with two attached hydrogens (primary N) is 1. The third-order valence-electron chi connectivity index (χ3n) is 5.04. The number of hydrogen-bond acceptors (Lipinski definition) is 5. The molecule has 0 spiro atoms. The van der Waals surface area contributed by atoms with Crippen LogP contribution in [-0.4, -0.2) is 42.9 Å². The van der Waals surface area contributed by atoms with Gasteiger partial charge < -0.3 is 20.5 Å². The van der Waals surface area contributed by atoms with Gasteiger partial charge in [0.1, 0.15) is 0 Å². The number of likely N-dealkylation sites (N-methyl/N-ethyl adjacent to an activating group) is 1. The number of ether oxygens (including phenoxy) is 2. The van der Waals surface area contributed by atoms with Crippen LogP contribution in [0.2, 0.25) is 0 Å². The predicted molar refractivity (Wildman–Crippen MR) is 103 cm³/mol. The van der Waals surface area contributed by atoms with Crippen molar-refractivity contribution in [1.82, 2.24) is 10.2 Å². The van der Waals surface area contributed by atoms with Gasteiger partial charge in [-0.05, 0) is 49.9 Å². The smallest absolute Gasteiger partial charge is 0.238 e. The van der Waals surface area contributed by atoms with Crippen molar-refractivity contribution in [3.05, 3.63) is 23.8 Å². The van der Waals surface area contributed by atoms with Crippen LogP contribution in [0.25, 0.3) is 0 Å². The van der Waals surface area contributed by atoms with Crippen LogP contribution in [0, 0.1) is 11.8 Å². The highest BCUT2D eigenvalue weighted by Gasteiger charge is 2.27. The summed E-state index contributed by atoms with van der Waals surface area (Å²) < 4.78 is 10.8. The Morgan fingerprint density at radius 2 is 1.81 bits per heavy atom. The molecule has 6 nitrogen and oxygen atoms in total. The molecule has 0 saturated heterocycles. The molecule has 2 rings (SSSR count). The maximum Gasteiger partial charge on any atom is 0.238 e. The summed E-state index contributed by atoms with van der Waals surface area (Å²) >= 11 is 0. The molecule has 0 aromatic heterocycles. The summed E-state index contributed by atoms with van der Waals surface area (Å²) in [7, 11) is 2.05. The van der Waals surface area contributed by atoms with Gasteiger partial charge in [0, 0.05) is 6.04 Å². The normalized spacial score (nSPS) is 16.8. The zero-order valence-electron chi connectivity index (χ0n) is 16.8. The summed E-state index contributed by atoms with van der Waals surface area (Å²) in [5, 5.41) is 3.12. The van der Waals surface area contributed by atoms with E-state index in [4.69, 9.17) is 15.2 Å². The maximum atomic E-state index is 12.4. The Bertz CT molecular complexity index is 618. The number of carbonyl (C=O) groups is 1. The number of rotatable bonds is 8. The average molecular weight is 364 g/mol. The first-order chi connectivity index (χ1) is 12.2. The number of nitrogens with zero attached hydrogens (tertiary/aromatic N) is 1. The molecule has 1 aromatic carbocycles. The molecule has 0 radical (unpaired) electrons. The Kier molecular flexibility index (Phi) is 6.89. The van der Waals surface area contributed by atoms with E-state index in [0.717, 1.165) is 17.9 Å². The Morgan fingerprint density at radius 1 is 1.15 bits per heavy atom. The second kappa shape index (κ2) is 8.73. The summed E-state index contributed by atoms with van der Waals surface area (Å²) in [5.41, 5.74) is 7.19. The monoisotopic (exact) mass is 363 g/mol. The van der Waals surface area contributed by atoms with Crippen LogP contribution in [0.4, 0.5) is 0 Å². The zero-order valence-corrected chi connectivity index (χ0v) is 16.8. The topological polar surface area (TPSA) is 76.8 Å². The predicted octanol–water partition coefficient (Wildman–Crippen LogP) is 2.36. The summed E-state index contributed by atoms with van der Waals surface area (Å²) in [6, 6.07) is 5.79. The van der Waals surface area contributed by atoms with E-state index in [0.29, 0.717) is 0 Å². The van der Waals surface area contributed by atoms with Crippen LogP contribution in [0.5, 0.6) is 11.5 Å². The van der Waals surface area contributed by atoms with Crippen molar-refractivity contribution >= 4 is 5.91 Å². The van der Waals surface area contributed by atoms with Crippen molar-refractivity contribution < 1.29 is 14.3 Å². The summed E-state index contributed by atoms with van der Waals surface area (Å²) in [6.07, 6.45) is 0.777. The lowest BCUT2D eigenvalue weighted by Gasteiger charge is -2.37. The molecule has 0 fully saturated rings. The van der Waals surface area contributed by atoms with Crippen molar-refractivity contribution in [2.75, 3.05) is 13.8 Å². The van der Waals surface area contributed by atoms with Crippen molar-refractivity contribution in [3.63, 3.8) is 0 Å². The Morgan fingerprint density at radius 3 is 2.42 bits per heavy atom. The van der Waals surface area contributed by atoms with Crippen molar-refractivity contribution in [1.29, 1.82) is 0 Å². The van der Waals surface area contributed by atoms with Crippen molar-refractivity contribution in [2.24, 2.45) is 17.6 Å². The van der Waals surface area contributed by atoms with Crippen molar-refractivity contribution in [3.8, 4) is 11.5 Å². The number of fused-ring (bicyclic) bond motifs is 1. The van der Waals surface area contributed by atoms with E-state index in [9.17, 15) is 4.79 Å². The number of amides is 1. The SMILES string of the molecule is CC(C)C(NC(=O)[C@@H](N)C(C)C)N(C)C(C)Cc1ccc2c(c1)OCO2. The fourth-order valence-electron chi connectivity index (χ4n) is 3.11. The van der Waals surface area contributed by atoms with Gasteiger partial charge in [-0.15, -0.1) is 0 Å². The average Bonchev–Trinajstić information content (AvgIpc) is 3.05. The first-order valence-corrected chi connectivity index (χ1v) is 9.37. The van der Waals surface area contributed by atoms with Gasteiger partial charge in [0.25, 0.3) is 0 Å². The first-order valence-electron chi connectivity index (χ1n) is 9.37. The molecular weight excluding hydrogens is 330 g/mol. The maximum absolute atomic E-state index is 12.4. The van der Waals surface area contributed by atoms with E-state index in [-0.39, 0.29) is 36.7 Å². The molecule has 6 heteroatoms. The Balaban J connectivity index is 2.03. The molecule has 1 aliphatic rings. The quantitative estimate of drug-likeness (QED) is 0.694. The van der Waals surface area contributed by atoms with Crippen LogP contribution < -0.4 is 20.5 Å². The Labute approximate surface area is 157 Å². The highest BCUT2D eigenvalue weighted by molar-refractivity contribution is 5.82.